The third-order valence-electron chi connectivity index (χ3n) is 4.44. The smallest absolute Gasteiger partial charge is 0.138 e. The maximum absolute atomic E-state index is 13.3. The molecule has 0 aliphatic heterocycles. The molecule has 0 amide bonds. The lowest BCUT2D eigenvalue weighted by Crippen LogP contribution is -2.22. The lowest BCUT2D eigenvalue weighted by Gasteiger charge is -2.14. The van der Waals surface area contributed by atoms with Gasteiger partial charge in [0.1, 0.15) is 22.8 Å². The maximum atomic E-state index is 13.3. The SMILES string of the molecule is CC(C)Cc1cc2c(NCCCNC(C)c3cccc(F)c3)ncnc2s1. The number of fused-ring (bicyclic) bond motifs is 1. The number of thiophene rings is 1. The van der Waals surface area contributed by atoms with Gasteiger partial charge in [-0.05, 0) is 56.0 Å². The number of nitrogens with one attached hydrogen (secondary N) is 2. The van der Waals surface area contributed by atoms with Crippen LogP contribution in [0.15, 0.2) is 36.7 Å². The second-order valence-electron chi connectivity index (χ2n) is 7.26. The van der Waals surface area contributed by atoms with E-state index in [-0.39, 0.29) is 11.9 Å². The number of rotatable bonds is 9. The molecule has 27 heavy (non-hydrogen) atoms. The molecule has 0 spiro atoms. The Bertz CT molecular complexity index is 877. The van der Waals surface area contributed by atoms with Crippen molar-refractivity contribution >= 4 is 27.4 Å². The fraction of sp³-hybridized carbons (Fsp3) is 0.429. The van der Waals surface area contributed by atoms with Crippen LogP contribution >= 0.6 is 11.3 Å². The summed E-state index contributed by atoms with van der Waals surface area (Å²) in [5.41, 5.74) is 0.969. The molecule has 1 unspecified atom stereocenters. The van der Waals surface area contributed by atoms with Gasteiger partial charge >= 0.3 is 0 Å². The molecule has 0 aliphatic carbocycles. The van der Waals surface area contributed by atoms with E-state index in [1.54, 1.807) is 29.8 Å². The molecule has 0 saturated heterocycles. The molecule has 2 heterocycles. The van der Waals surface area contributed by atoms with Crippen molar-refractivity contribution in [3.05, 3.63) is 52.9 Å². The second kappa shape index (κ2) is 9.24. The lowest BCUT2D eigenvalue weighted by atomic mass is 10.1. The summed E-state index contributed by atoms with van der Waals surface area (Å²) in [5.74, 6) is 1.35. The Balaban J connectivity index is 1.49. The molecule has 6 heteroatoms. The van der Waals surface area contributed by atoms with Crippen molar-refractivity contribution in [3.63, 3.8) is 0 Å². The minimum Gasteiger partial charge on any atom is -0.369 e. The number of hydrogen-bond acceptors (Lipinski definition) is 5. The van der Waals surface area contributed by atoms with Gasteiger partial charge in [0.25, 0.3) is 0 Å². The molecule has 3 aromatic rings. The molecule has 0 aliphatic rings. The predicted molar refractivity (Wildman–Crippen MR) is 112 cm³/mol. The Morgan fingerprint density at radius 1 is 1.11 bits per heavy atom. The number of aromatic nitrogens is 2. The van der Waals surface area contributed by atoms with E-state index in [4.69, 9.17) is 0 Å². The Morgan fingerprint density at radius 3 is 2.74 bits per heavy atom. The van der Waals surface area contributed by atoms with Gasteiger partial charge in [-0.15, -0.1) is 11.3 Å². The van der Waals surface area contributed by atoms with Gasteiger partial charge in [-0.3, -0.25) is 0 Å². The minimum absolute atomic E-state index is 0.127. The van der Waals surface area contributed by atoms with E-state index >= 15 is 0 Å². The quantitative estimate of drug-likeness (QED) is 0.497. The Kier molecular flexibility index (Phi) is 6.74. The van der Waals surface area contributed by atoms with Gasteiger partial charge in [-0.2, -0.15) is 0 Å². The van der Waals surface area contributed by atoms with Crippen molar-refractivity contribution in [2.75, 3.05) is 18.4 Å². The molecule has 2 aromatic heterocycles. The van der Waals surface area contributed by atoms with Gasteiger partial charge in [0.05, 0.1) is 5.39 Å². The van der Waals surface area contributed by atoms with Gasteiger partial charge in [0, 0.05) is 17.5 Å². The van der Waals surface area contributed by atoms with Crippen molar-refractivity contribution in [2.45, 2.75) is 39.7 Å². The Morgan fingerprint density at radius 2 is 1.96 bits per heavy atom. The topological polar surface area (TPSA) is 49.8 Å². The summed E-state index contributed by atoms with van der Waals surface area (Å²) in [6.07, 6.45) is 3.65. The molecule has 1 aromatic carbocycles. The number of benzene rings is 1. The van der Waals surface area contributed by atoms with E-state index in [1.165, 1.54) is 10.9 Å². The Hall–Kier alpha value is -2.05. The lowest BCUT2D eigenvalue weighted by molar-refractivity contribution is 0.557. The number of anilines is 1. The summed E-state index contributed by atoms with van der Waals surface area (Å²) in [5, 5.41) is 7.98. The Labute approximate surface area is 164 Å². The highest BCUT2D eigenvalue weighted by Crippen LogP contribution is 2.29. The third kappa shape index (κ3) is 5.47. The van der Waals surface area contributed by atoms with Crippen LogP contribution in [0.4, 0.5) is 10.2 Å². The molecule has 0 fully saturated rings. The van der Waals surface area contributed by atoms with Gasteiger partial charge in [0.15, 0.2) is 0 Å². The average Bonchev–Trinajstić information content (AvgIpc) is 3.03. The van der Waals surface area contributed by atoms with Gasteiger partial charge < -0.3 is 10.6 Å². The van der Waals surface area contributed by atoms with E-state index in [9.17, 15) is 4.39 Å². The van der Waals surface area contributed by atoms with E-state index in [2.05, 4.69) is 47.4 Å². The first-order valence-electron chi connectivity index (χ1n) is 9.49. The zero-order chi connectivity index (χ0) is 19.2. The summed E-state index contributed by atoms with van der Waals surface area (Å²) >= 11 is 1.75. The standard InChI is InChI=1S/C21H27FN4S/c1-14(2)10-18-12-19-20(25-13-26-21(19)27-18)24-9-5-8-23-15(3)16-6-4-7-17(22)11-16/h4,6-7,11-15,23H,5,8-10H2,1-3H3,(H,24,25,26). The molecular formula is C21H27FN4S. The highest BCUT2D eigenvalue weighted by atomic mass is 32.1. The summed E-state index contributed by atoms with van der Waals surface area (Å²) in [7, 11) is 0. The summed E-state index contributed by atoms with van der Waals surface area (Å²) in [6, 6.07) is 9.09. The largest absolute Gasteiger partial charge is 0.369 e. The fourth-order valence-electron chi connectivity index (χ4n) is 3.06. The molecule has 0 bridgehead atoms. The molecule has 144 valence electrons. The van der Waals surface area contributed by atoms with Crippen LogP contribution in [0.5, 0.6) is 0 Å². The van der Waals surface area contributed by atoms with Crippen molar-refractivity contribution < 1.29 is 4.39 Å². The zero-order valence-electron chi connectivity index (χ0n) is 16.1. The second-order valence-corrected chi connectivity index (χ2v) is 8.38. The van der Waals surface area contributed by atoms with Crippen molar-refractivity contribution in [3.8, 4) is 0 Å². The van der Waals surface area contributed by atoms with Crippen LogP contribution in [0.3, 0.4) is 0 Å². The van der Waals surface area contributed by atoms with E-state index in [0.29, 0.717) is 5.92 Å². The molecule has 4 nitrogen and oxygen atoms in total. The summed E-state index contributed by atoms with van der Waals surface area (Å²) < 4.78 is 13.3. The van der Waals surface area contributed by atoms with Crippen LogP contribution in [0, 0.1) is 11.7 Å². The fourth-order valence-corrected chi connectivity index (χ4v) is 4.26. The third-order valence-corrected chi connectivity index (χ3v) is 5.50. The normalized spacial score (nSPS) is 12.6. The van der Waals surface area contributed by atoms with Crippen LogP contribution < -0.4 is 10.6 Å². The summed E-state index contributed by atoms with van der Waals surface area (Å²) in [6.45, 7) is 8.18. The van der Waals surface area contributed by atoms with E-state index in [0.717, 1.165) is 47.5 Å². The van der Waals surface area contributed by atoms with Crippen LogP contribution in [0.25, 0.3) is 10.2 Å². The highest BCUT2D eigenvalue weighted by Gasteiger charge is 2.10. The minimum atomic E-state index is -0.191. The van der Waals surface area contributed by atoms with Crippen LogP contribution in [0.2, 0.25) is 0 Å². The van der Waals surface area contributed by atoms with Crippen LogP contribution in [0.1, 0.15) is 43.7 Å². The van der Waals surface area contributed by atoms with Crippen molar-refractivity contribution in [1.29, 1.82) is 0 Å². The van der Waals surface area contributed by atoms with Gasteiger partial charge in [0.2, 0.25) is 0 Å². The monoisotopic (exact) mass is 386 g/mol. The van der Waals surface area contributed by atoms with Crippen molar-refractivity contribution in [2.24, 2.45) is 5.92 Å². The molecule has 0 radical (unpaired) electrons. The average molecular weight is 387 g/mol. The maximum Gasteiger partial charge on any atom is 0.138 e. The molecule has 1 atom stereocenters. The summed E-state index contributed by atoms with van der Waals surface area (Å²) in [4.78, 5) is 11.2. The number of nitrogens with zero attached hydrogens (tertiary/aromatic N) is 2. The predicted octanol–water partition coefficient (Wildman–Crippen LogP) is 5.18. The van der Waals surface area contributed by atoms with Gasteiger partial charge in [-0.1, -0.05) is 26.0 Å². The van der Waals surface area contributed by atoms with Crippen molar-refractivity contribution in [1.82, 2.24) is 15.3 Å². The molecular weight excluding hydrogens is 359 g/mol. The first-order valence-corrected chi connectivity index (χ1v) is 10.3. The zero-order valence-corrected chi connectivity index (χ0v) is 16.9. The molecule has 2 N–H and O–H groups in total. The van der Waals surface area contributed by atoms with Crippen LogP contribution in [-0.2, 0) is 6.42 Å². The van der Waals surface area contributed by atoms with E-state index in [1.807, 2.05) is 6.07 Å². The van der Waals surface area contributed by atoms with Gasteiger partial charge in [-0.25, -0.2) is 14.4 Å². The number of hydrogen-bond donors (Lipinski definition) is 2. The van der Waals surface area contributed by atoms with Crippen LogP contribution in [-0.4, -0.2) is 23.1 Å². The molecule has 0 saturated carbocycles. The first kappa shape index (κ1) is 19.7. The molecule has 3 rings (SSSR count). The van der Waals surface area contributed by atoms with E-state index < -0.39 is 0 Å². The first-order chi connectivity index (χ1) is 13.0. The number of halogens is 1. The highest BCUT2D eigenvalue weighted by molar-refractivity contribution is 7.18.